The summed E-state index contributed by atoms with van der Waals surface area (Å²) in [5, 5.41) is 13.4. The van der Waals surface area contributed by atoms with Gasteiger partial charge in [0.05, 0.1) is 22.5 Å². The number of aromatic nitrogens is 2. The van der Waals surface area contributed by atoms with Crippen LogP contribution in [0.2, 0.25) is 5.02 Å². The van der Waals surface area contributed by atoms with Crippen LogP contribution in [-0.4, -0.2) is 40.2 Å². The lowest BCUT2D eigenvalue weighted by Crippen LogP contribution is -2.18. The average molecular weight is 414 g/mol. The number of hydrogen-bond acceptors (Lipinski definition) is 8. The Kier molecular flexibility index (Phi) is 7.18. The summed E-state index contributed by atoms with van der Waals surface area (Å²) in [4.78, 5) is 12.0. The van der Waals surface area contributed by atoms with Crippen molar-refractivity contribution in [2.75, 3.05) is 6.61 Å². The van der Waals surface area contributed by atoms with Crippen molar-refractivity contribution in [3.63, 3.8) is 0 Å². The Bertz CT molecular complexity index is 855. The molecule has 2 rings (SSSR count). The first-order valence-corrected chi connectivity index (χ1v) is 8.29. The Morgan fingerprint density at radius 3 is 2.61 bits per heavy atom. The number of rotatable bonds is 8. The molecule has 1 aromatic heterocycles. The second-order valence-corrected chi connectivity index (χ2v) is 6.38. The van der Waals surface area contributed by atoms with E-state index in [0.29, 0.717) is 11.3 Å². The smallest absolute Gasteiger partial charge is 0.387 e. The Morgan fingerprint density at radius 1 is 1.36 bits per heavy atom. The van der Waals surface area contributed by atoms with Crippen molar-refractivity contribution in [2.45, 2.75) is 26.1 Å². The van der Waals surface area contributed by atoms with Crippen LogP contribution in [0.1, 0.15) is 19.4 Å². The van der Waals surface area contributed by atoms with Crippen LogP contribution in [0.15, 0.2) is 40.7 Å². The molecule has 28 heavy (non-hydrogen) atoms. The fourth-order valence-electron chi connectivity index (χ4n) is 1.86. The van der Waals surface area contributed by atoms with Gasteiger partial charge in [-0.2, -0.15) is 13.9 Å². The molecule has 0 unspecified atom stereocenters. The molecule has 150 valence electrons. The van der Waals surface area contributed by atoms with Crippen molar-refractivity contribution in [1.29, 1.82) is 0 Å². The van der Waals surface area contributed by atoms with Crippen LogP contribution < -0.4 is 15.3 Å². The van der Waals surface area contributed by atoms with Gasteiger partial charge in [0.2, 0.25) is 0 Å². The van der Waals surface area contributed by atoms with Crippen molar-refractivity contribution in [3.05, 3.63) is 41.2 Å². The van der Waals surface area contributed by atoms with E-state index in [2.05, 4.69) is 24.8 Å². The van der Waals surface area contributed by atoms with Gasteiger partial charge in [-0.3, -0.25) is 4.99 Å². The number of aliphatic hydroxyl groups is 1. The van der Waals surface area contributed by atoms with Crippen molar-refractivity contribution < 1.29 is 23.4 Å². The molecule has 0 aliphatic carbocycles. The number of hydrazone groups is 1. The maximum atomic E-state index is 12.4. The molecule has 0 amide bonds. The van der Waals surface area contributed by atoms with Gasteiger partial charge in [-0.1, -0.05) is 11.6 Å². The van der Waals surface area contributed by atoms with Crippen LogP contribution in [-0.2, 0) is 5.60 Å². The highest BCUT2D eigenvalue weighted by atomic mass is 35.5. The van der Waals surface area contributed by atoms with Gasteiger partial charge in [0.25, 0.3) is 0 Å². The zero-order chi connectivity index (χ0) is 20.7. The minimum absolute atomic E-state index is 0.0296. The Balaban J connectivity index is 2.01. The number of nitrogens with zero attached hydrogens (tertiary/aromatic N) is 4. The molecule has 3 N–H and O–H groups in total. The summed E-state index contributed by atoms with van der Waals surface area (Å²) in [6.45, 7) is 0.122. The molecule has 1 heterocycles. The second-order valence-electron chi connectivity index (χ2n) is 5.97. The lowest BCUT2D eigenvalue weighted by atomic mass is 10.0. The quantitative estimate of drug-likeness (QED) is 0.390. The van der Waals surface area contributed by atoms with E-state index in [1.54, 1.807) is 13.8 Å². The summed E-state index contributed by atoms with van der Waals surface area (Å²) >= 11 is 5.78. The first-order valence-electron chi connectivity index (χ1n) is 7.92. The van der Waals surface area contributed by atoms with Crippen molar-refractivity contribution in [2.24, 2.45) is 15.9 Å². The minimum atomic E-state index is -3.01. The lowest BCUT2D eigenvalue weighted by Gasteiger charge is -2.16. The molecular formula is C17H18ClF2N5O3. The minimum Gasteiger partial charge on any atom is -0.457 e. The fourth-order valence-corrected chi connectivity index (χ4v) is 2.02. The molecule has 0 saturated carbocycles. The summed E-state index contributed by atoms with van der Waals surface area (Å²) in [6.07, 6.45) is 4.17. The van der Waals surface area contributed by atoms with Gasteiger partial charge < -0.3 is 20.4 Å². The van der Waals surface area contributed by atoms with Crippen LogP contribution >= 0.6 is 11.6 Å². The number of aliphatic imine (C=N–C) groups is 1. The predicted molar refractivity (Wildman–Crippen MR) is 101 cm³/mol. The van der Waals surface area contributed by atoms with Crippen LogP contribution in [0.25, 0.3) is 0 Å². The third kappa shape index (κ3) is 6.39. The normalized spacial score (nSPS) is 12.6. The Labute approximate surface area is 164 Å². The van der Waals surface area contributed by atoms with Gasteiger partial charge in [-0.25, -0.2) is 9.97 Å². The van der Waals surface area contributed by atoms with Crippen molar-refractivity contribution in [1.82, 2.24) is 9.97 Å². The summed E-state index contributed by atoms with van der Waals surface area (Å²) in [5.41, 5.74) is -0.00678. The average Bonchev–Trinajstić information content (AvgIpc) is 2.63. The molecule has 0 atom stereocenters. The monoisotopic (exact) mass is 413 g/mol. The molecule has 0 radical (unpaired) electrons. The SMILES string of the molecule is CC(C)(O)c1cnc(OCC(C=Nc2ccc(Cl)c(OC(F)F)c2)=NN)nc1. The van der Waals surface area contributed by atoms with E-state index in [1.165, 1.54) is 36.8 Å². The number of halogens is 3. The summed E-state index contributed by atoms with van der Waals surface area (Å²) < 4.78 is 34.4. The van der Waals surface area contributed by atoms with Gasteiger partial charge in [0.15, 0.2) is 0 Å². The van der Waals surface area contributed by atoms with Gasteiger partial charge in [0, 0.05) is 24.0 Å². The molecule has 0 aliphatic rings. The van der Waals surface area contributed by atoms with Crippen LogP contribution in [0, 0.1) is 0 Å². The van der Waals surface area contributed by atoms with Crippen molar-refractivity contribution >= 4 is 29.2 Å². The summed E-state index contributed by atoms with van der Waals surface area (Å²) in [5.74, 6) is 5.10. The van der Waals surface area contributed by atoms with Crippen LogP contribution in [0.4, 0.5) is 14.5 Å². The maximum absolute atomic E-state index is 12.4. The first-order chi connectivity index (χ1) is 13.2. The second kappa shape index (κ2) is 9.38. The van der Waals surface area contributed by atoms with E-state index < -0.39 is 12.2 Å². The molecule has 0 aliphatic heterocycles. The fraction of sp³-hybridized carbons (Fsp3) is 0.294. The zero-order valence-corrected chi connectivity index (χ0v) is 15.8. The molecule has 0 fully saturated rings. The number of alkyl halides is 2. The van der Waals surface area contributed by atoms with Crippen LogP contribution in [0.5, 0.6) is 11.8 Å². The molecule has 0 bridgehead atoms. The van der Waals surface area contributed by atoms with E-state index in [4.69, 9.17) is 22.2 Å². The number of nitrogens with two attached hydrogens (primary N) is 1. The standard InChI is InChI=1S/C17H18ClF2N5O3/c1-17(2,26)10-6-23-16(24-7-10)27-9-12(25-21)8-22-11-3-4-13(18)14(5-11)28-15(19)20/h3-8,15,26H,9,21H2,1-2H3. The zero-order valence-electron chi connectivity index (χ0n) is 15.0. The Morgan fingerprint density at radius 2 is 2.04 bits per heavy atom. The molecule has 2 aromatic rings. The summed E-state index contributed by atoms with van der Waals surface area (Å²) in [6, 6.07) is 4.18. The molecule has 0 saturated heterocycles. The number of benzene rings is 1. The third-order valence-electron chi connectivity index (χ3n) is 3.34. The number of ether oxygens (including phenoxy) is 2. The van der Waals surface area contributed by atoms with E-state index in [0.717, 1.165) is 0 Å². The van der Waals surface area contributed by atoms with Gasteiger partial charge in [-0.15, -0.1) is 0 Å². The maximum Gasteiger partial charge on any atom is 0.387 e. The number of hydrogen-bond donors (Lipinski definition) is 2. The highest BCUT2D eigenvalue weighted by Gasteiger charge is 2.17. The van der Waals surface area contributed by atoms with E-state index in [9.17, 15) is 13.9 Å². The van der Waals surface area contributed by atoms with E-state index in [1.807, 2.05) is 0 Å². The molecule has 11 heteroatoms. The molecular weight excluding hydrogens is 396 g/mol. The topological polar surface area (TPSA) is 115 Å². The molecule has 0 spiro atoms. The highest BCUT2D eigenvalue weighted by molar-refractivity contribution is 6.32. The van der Waals surface area contributed by atoms with Gasteiger partial charge in [0.1, 0.15) is 18.1 Å². The lowest BCUT2D eigenvalue weighted by molar-refractivity contribution is -0.0497. The molecule has 1 aromatic carbocycles. The van der Waals surface area contributed by atoms with Crippen molar-refractivity contribution in [3.8, 4) is 11.8 Å². The Hall–Kier alpha value is -2.85. The largest absolute Gasteiger partial charge is 0.457 e. The predicted octanol–water partition coefficient (Wildman–Crippen LogP) is 3.05. The van der Waals surface area contributed by atoms with E-state index >= 15 is 0 Å². The third-order valence-corrected chi connectivity index (χ3v) is 3.66. The van der Waals surface area contributed by atoms with E-state index in [-0.39, 0.29) is 29.1 Å². The highest BCUT2D eigenvalue weighted by Crippen LogP contribution is 2.30. The van der Waals surface area contributed by atoms with Crippen LogP contribution in [0.3, 0.4) is 0 Å². The summed E-state index contributed by atoms with van der Waals surface area (Å²) in [7, 11) is 0. The molecule has 8 nitrogen and oxygen atoms in total. The van der Waals surface area contributed by atoms with Gasteiger partial charge in [-0.05, 0) is 26.0 Å². The van der Waals surface area contributed by atoms with Gasteiger partial charge >= 0.3 is 12.6 Å². The first kappa shape index (κ1) is 21.5.